The van der Waals surface area contributed by atoms with E-state index < -0.39 is 10.0 Å². The van der Waals surface area contributed by atoms with Crippen LogP contribution in [0, 0.1) is 6.92 Å². The van der Waals surface area contributed by atoms with E-state index >= 15 is 0 Å². The maximum atomic E-state index is 12.6. The molecule has 1 aromatic heterocycles. The monoisotopic (exact) mass is 273 g/mol. The Kier molecular flexibility index (Phi) is 2.45. The predicted molar refractivity (Wildman–Crippen MR) is 62.3 cm³/mol. The van der Waals surface area contributed by atoms with Crippen molar-refractivity contribution in [3.05, 3.63) is 5.76 Å². The van der Waals surface area contributed by atoms with E-state index in [0.717, 1.165) is 12.8 Å². The minimum atomic E-state index is -3.65. The number of nitrogens with zero attached hydrogens (tertiary/aromatic N) is 2. The molecule has 2 N–H and O–H groups in total. The fraction of sp³-hybridized carbons (Fsp3) is 0.700. The molecule has 0 amide bonds. The van der Waals surface area contributed by atoms with Crippen molar-refractivity contribution in [1.82, 2.24) is 9.46 Å². The topological polar surface area (TPSA) is 98.7 Å². The summed E-state index contributed by atoms with van der Waals surface area (Å²) in [5.74, 6) is 0.157. The van der Waals surface area contributed by atoms with Crippen LogP contribution in [0.1, 0.15) is 18.6 Å². The Labute approximate surface area is 105 Å². The summed E-state index contributed by atoms with van der Waals surface area (Å²) in [7, 11) is -3.65. The average molecular weight is 273 g/mol. The molecule has 2 aliphatic rings. The van der Waals surface area contributed by atoms with Gasteiger partial charge in [-0.15, -0.1) is 0 Å². The zero-order valence-electron chi connectivity index (χ0n) is 10.0. The molecule has 3 rings (SSSR count). The lowest BCUT2D eigenvalue weighted by molar-refractivity contribution is 0.0214. The van der Waals surface area contributed by atoms with E-state index in [1.165, 1.54) is 4.31 Å². The van der Waals surface area contributed by atoms with E-state index in [1.807, 2.05) is 0 Å². The molecule has 8 heteroatoms. The van der Waals surface area contributed by atoms with Crippen molar-refractivity contribution >= 4 is 15.8 Å². The van der Waals surface area contributed by atoms with E-state index in [-0.39, 0.29) is 22.0 Å². The van der Waals surface area contributed by atoms with Crippen LogP contribution in [0.25, 0.3) is 0 Å². The first-order valence-electron chi connectivity index (χ1n) is 5.80. The molecule has 2 fully saturated rings. The van der Waals surface area contributed by atoms with Gasteiger partial charge in [0.05, 0.1) is 18.8 Å². The van der Waals surface area contributed by atoms with Crippen LogP contribution in [0.4, 0.5) is 5.82 Å². The summed E-state index contributed by atoms with van der Waals surface area (Å²) >= 11 is 0. The van der Waals surface area contributed by atoms with Crippen LogP contribution in [0.15, 0.2) is 9.42 Å². The van der Waals surface area contributed by atoms with Crippen molar-refractivity contribution in [3.8, 4) is 0 Å². The van der Waals surface area contributed by atoms with Crippen LogP contribution in [0.3, 0.4) is 0 Å². The van der Waals surface area contributed by atoms with Gasteiger partial charge in [0.25, 0.3) is 10.0 Å². The molecule has 0 aromatic carbocycles. The van der Waals surface area contributed by atoms with Crippen LogP contribution < -0.4 is 5.73 Å². The molecule has 0 radical (unpaired) electrons. The van der Waals surface area contributed by atoms with Crippen molar-refractivity contribution in [2.75, 3.05) is 25.5 Å². The molecule has 1 saturated carbocycles. The molecule has 2 heterocycles. The molecule has 1 aliphatic heterocycles. The Morgan fingerprint density at radius 3 is 2.72 bits per heavy atom. The highest BCUT2D eigenvalue weighted by molar-refractivity contribution is 7.89. The van der Waals surface area contributed by atoms with Gasteiger partial charge in [0, 0.05) is 6.54 Å². The Bertz CT molecular complexity index is 556. The van der Waals surface area contributed by atoms with Gasteiger partial charge in [0.1, 0.15) is 0 Å². The lowest BCUT2D eigenvalue weighted by Crippen LogP contribution is -2.50. The molecule has 1 aliphatic carbocycles. The molecule has 0 unspecified atom stereocenters. The van der Waals surface area contributed by atoms with Gasteiger partial charge in [-0.25, -0.2) is 8.42 Å². The predicted octanol–water partition coefficient (Wildman–Crippen LogP) is 0.119. The van der Waals surface area contributed by atoms with Gasteiger partial charge in [-0.1, -0.05) is 5.16 Å². The summed E-state index contributed by atoms with van der Waals surface area (Å²) in [6, 6.07) is 0. The Balaban J connectivity index is 2.05. The normalized spacial score (nSPS) is 23.4. The Hall–Kier alpha value is -1.12. The fourth-order valence-electron chi connectivity index (χ4n) is 2.44. The number of hydrogen-bond donors (Lipinski definition) is 1. The number of sulfonamides is 1. The molecule has 0 atom stereocenters. The van der Waals surface area contributed by atoms with E-state index in [1.54, 1.807) is 6.92 Å². The van der Waals surface area contributed by atoms with E-state index in [4.69, 9.17) is 15.0 Å². The second kappa shape index (κ2) is 3.69. The maximum Gasteiger partial charge on any atom is 0.251 e. The summed E-state index contributed by atoms with van der Waals surface area (Å²) in [6.45, 7) is 2.77. The SMILES string of the molecule is Cc1onc(N)c1S(=O)(=O)N1CCOCC12CC2. The summed E-state index contributed by atoms with van der Waals surface area (Å²) in [5.41, 5.74) is 5.23. The highest BCUT2D eigenvalue weighted by Crippen LogP contribution is 2.46. The second-order valence-corrected chi connectivity index (χ2v) is 6.61. The van der Waals surface area contributed by atoms with Crippen LogP contribution in [0.5, 0.6) is 0 Å². The summed E-state index contributed by atoms with van der Waals surface area (Å²) in [4.78, 5) is -0.00400. The third-order valence-corrected chi connectivity index (χ3v) is 5.71. The van der Waals surface area contributed by atoms with Crippen molar-refractivity contribution in [2.24, 2.45) is 0 Å². The molecule has 18 heavy (non-hydrogen) atoms. The summed E-state index contributed by atoms with van der Waals surface area (Å²) < 4.78 is 37.0. The summed E-state index contributed by atoms with van der Waals surface area (Å²) in [6.07, 6.45) is 1.66. The number of rotatable bonds is 2. The fourth-order valence-corrected chi connectivity index (χ4v) is 4.42. The highest BCUT2D eigenvalue weighted by atomic mass is 32.2. The van der Waals surface area contributed by atoms with E-state index in [0.29, 0.717) is 19.8 Å². The van der Waals surface area contributed by atoms with Gasteiger partial charge >= 0.3 is 0 Å². The Morgan fingerprint density at radius 2 is 2.17 bits per heavy atom. The molecular formula is C10H15N3O4S. The lowest BCUT2D eigenvalue weighted by atomic mass is 10.2. The second-order valence-electron chi connectivity index (χ2n) is 4.81. The lowest BCUT2D eigenvalue weighted by Gasteiger charge is -2.34. The zero-order chi connectivity index (χ0) is 13.0. The van der Waals surface area contributed by atoms with Crippen molar-refractivity contribution in [3.63, 3.8) is 0 Å². The maximum absolute atomic E-state index is 12.6. The van der Waals surface area contributed by atoms with Gasteiger partial charge < -0.3 is 15.0 Å². The highest BCUT2D eigenvalue weighted by Gasteiger charge is 2.55. The van der Waals surface area contributed by atoms with E-state index in [2.05, 4.69) is 5.16 Å². The number of hydrogen-bond acceptors (Lipinski definition) is 6. The number of aromatic nitrogens is 1. The van der Waals surface area contributed by atoms with Crippen LogP contribution in [0.2, 0.25) is 0 Å². The third-order valence-electron chi connectivity index (χ3n) is 3.55. The van der Waals surface area contributed by atoms with Gasteiger partial charge in [-0.3, -0.25) is 0 Å². The third kappa shape index (κ3) is 1.56. The first kappa shape index (κ1) is 11.9. The largest absolute Gasteiger partial charge is 0.380 e. The molecule has 100 valence electrons. The molecule has 1 spiro atoms. The number of anilines is 1. The minimum absolute atomic E-state index is 0.00400. The smallest absolute Gasteiger partial charge is 0.251 e. The van der Waals surface area contributed by atoms with Gasteiger partial charge in [-0.05, 0) is 19.8 Å². The number of nitrogen functional groups attached to an aromatic ring is 1. The van der Waals surface area contributed by atoms with Gasteiger partial charge in [0.15, 0.2) is 16.5 Å². The van der Waals surface area contributed by atoms with Crippen LogP contribution in [-0.4, -0.2) is 43.2 Å². The quantitative estimate of drug-likeness (QED) is 0.821. The number of morpholine rings is 1. The number of aryl methyl sites for hydroxylation is 1. The standard InChI is InChI=1S/C10H15N3O4S/c1-7-8(9(11)12-17-7)18(14,15)13-4-5-16-6-10(13)2-3-10/h2-6H2,1H3,(H2,11,12). The zero-order valence-corrected chi connectivity index (χ0v) is 10.9. The first-order chi connectivity index (χ1) is 8.47. The summed E-state index contributed by atoms with van der Waals surface area (Å²) in [5, 5.41) is 3.51. The molecule has 0 bridgehead atoms. The molecular weight excluding hydrogens is 258 g/mol. The van der Waals surface area contributed by atoms with Crippen molar-refractivity contribution in [2.45, 2.75) is 30.2 Å². The Morgan fingerprint density at radius 1 is 1.44 bits per heavy atom. The van der Waals surface area contributed by atoms with Gasteiger partial charge in [0.2, 0.25) is 0 Å². The van der Waals surface area contributed by atoms with Crippen LogP contribution in [-0.2, 0) is 14.8 Å². The van der Waals surface area contributed by atoms with E-state index in [9.17, 15) is 8.42 Å². The molecule has 7 nitrogen and oxygen atoms in total. The number of ether oxygens (including phenoxy) is 1. The van der Waals surface area contributed by atoms with Crippen molar-refractivity contribution < 1.29 is 17.7 Å². The van der Waals surface area contributed by atoms with Gasteiger partial charge in [-0.2, -0.15) is 4.31 Å². The minimum Gasteiger partial charge on any atom is -0.380 e. The average Bonchev–Trinajstić information content (AvgIpc) is 2.97. The van der Waals surface area contributed by atoms with Crippen LogP contribution >= 0.6 is 0 Å². The number of nitrogens with two attached hydrogens (primary N) is 1. The first-order valence-corrected chi connectivity index (χ1v) is 7.24. The molecule has 1 aromatic rings. The van der Waals surface area contributed by atoms with Crippen molar-refractivity contribution in [1.29, 1.82) is 0 Å². The molecule has 1 saturated heterocycles.